The molecule has 0 aliphatic carbocycles. The number of aromatic hydroxyl groups is 1. The summed E-state index contributed by atoms with van der Waals surface area (Å²) in [6, 6.07) is 16.0. The van der Waals surface area contributed by atoms with Crippen molar-refractivity contribution >= 4 is 11.8 Å². The van der Waals surface area contributed by atoms with Crippen LogP contribution >= 0.6 is 0 Å². The van der Waals surface area contributed by atoms with E-state index >= 15 is 0 Å². The van der Waals surface area contributed by atoms with Crippen molar-refractivity contribution in [3.8, 4) is 23.3 Å². The molecule has 3 rings (SSSR count). The third-order valence-electron chi connectivity index (χ3n) is 7.02. The number of ether oxygens (including phenoxy) is 1. The summed E-state index contributed by atoms with van der Waals surface area (Å²) in [4.78, 5) is 21.9. The normalized spacial score (nSPS) is 10.8. The number of carbonyl (C=O) groups excluding carboxylic acids is 1. The van der Waals surface area contributed by atoms with Crippen LogP contribution in [0.15, 0.2) is 48.5 Å². The van der Waals surface area contributed by atoms with Crippen LogP contribution in [0, 0.1) is 25.7 Å². The largest absolute Gasteiger partial charge is 0.506 e. The summed E-state index contributed by atoms with van der Waals surface area (Å²) in [5.74, 6) is 6.55. The number of phenols is 1. The molecule has 0 fully saturated rings. The minimum absolute atomic E-state index is 0.129. The molecule has 0 unspecified atom stereocenters. The Morgan fingerprint density at radius 3 is 2.17 bits per heavy atom. The van der Waals surface area contributed by atoms with Gasteiger partial charge in [-0.15, -0.1) is 0 Å². The van der Waals surface area contributed by atoms with Gasteiger partial charge >= 0.3 is 5.97 Å². The fraction of sp³-hybridized carbons (Fsp3) is 0.371. The maximum Gasteiger partial charge on any atom is 0.341 e. The molecule has 5 nitrogen and oxygen atoms in total. The maximum absolute atomic E-state index is 11.1. The highest BCUT2D eigenvalue weighted by Gasteiger charge is 2.14. The Hall–Kier alpha value is -4.04. The molecule has 0 aromatic heterocycles. The molecule has 0 atom stereocenters. The van der Waals surface area contributed by atoms with Gasteiger partial charge in [-0.3, -0.25) is 0 Å². The van der Waals surface area contributed by atoms with E-state index in [1.165, 1.54) is 5.56 Å². The first-order chi connectivity index (χ1) is 19.0. The molecule has 3 aromatic carbocycles. The Kier molecular flexibility index (Phi) is 11.0. The van der Waals surface area contributed by atoms with Gasteiger partial charge in [-0.25, -0.2) is 4.79 Å². The molecular weight excluding hydrogens is 500 g/mol. The van der Waals surface area contributed by atoms with Crippen molar-refractivity contribution in [3.05, 3.63) is 93.0 Å². The maximum atomic E-state index is 11.1. The summed E-state index contributed by atoms with van der Waals surface area (Å²) >= 11 is 0. The van der Waals surface area contributed by atoms with Crippen molar-refractivity contribution in [2.75, 3.05) is 6.61 Å². The zero-order chi connectivity index (χ0) is 29.2. The predicted octanol–water partition coefficient (Wildman–Crippen LogP) is 7.28. The highest BCUT2D eigenvalue weighted by molar-refractivity contribution is 5.75. The van der Waals surface area contributed by atoms with Gasteiger partial charge in [0.2, 0.25) is 0 Å². The van der Waals surface area contributed by atoms with Crippen molar-refractivity contribution in [1.82, 2.24) is 0 Å². The van der Waals surface area contributed by atoms with Gasteiger partial charge in [0.15, 0.2) is 6.61 Å². The number of carboxylic acids is 1. The molecule has 40 heavy (non-hydrogen) atoms. The molecule has 0 radical (unpaired) electrons. The van der Waals surface area contributed by atoms with E-state index in [0.717, 1.165) is 59.1 Å². The third kappa shape index (κ3) is 9.02. The molecule has 0 amide bonds. The van der Waals surface area contributed by atoms with Crippen LogP contribution in [0.3, 0.4) is 0 Å². The first kappa shape index (κ1) is 30.5. The Morgan fingerprint density at radius 1 is 0.900 bits per heavy atom. The van der Waals surface area contributed by atoms with Crippen LogP contribution in [-0.2, 0) is 22.4 Å². The predicted molar refractivity (Wildman–Crippen MR) is 159 cm³/mol. The minimum atomic E-state index is -1.01. The van der Waals surface area contributed by atoms with Gasteiger partial charge in [-0.2, -0.15) is 0 Å². The lowest BCUT2D eigenvalue weighted by Crippen LogP contribution is -2.10. The van der Waals surface area contributed by atoms with Gasteiger partial charge < -0.3 is 19.7 Å². The molecule has 5 heteroatoms. The second kappa shape index (κ2) is 14.4. The summed E-state index contributed by atoms with van der Waals surface area (Å²) < 4.78 is 5.38. The number of benzene rings is 3. The number of phenolic OH excluding ortho intramolecular Hbond substituents is 1. The zero-order valence-electron chi connectivity index (χ0n) is 24.3. The van der Waals surface area contributed by atoms with Crippen molar-refractivity contribution < 1.29 is 24.5 Å². The van der Waals surface area contributed by atoms with Gasteiger partial charge in [0, 0.05) is 12.0 Å². The number of aliphatic carboxylic acids is 1. The third-order valence-corrected chi connectivity index (χ3v) is 7.02. The summed E-state index contributed by atoms with van der Waals surface area (Å²) in [5, 5.41) is 19.9. The van der Waals surface area contributed by atoms with E-state index in [1.54, 1.807) is 6.92 Å². The Bertz CT molecular complexity index is 1380. The molecule has 0 spiro atoms. The first-order valence-electron chi connectivity index (χ1n) is 13.9. The molecule has 0 aliphatic rings. The molecule has 0 saturated carbocycles. The van der Waals surface area contributed by atoms with Crippen LogP contribution in [0.1, 0.15) is 96.9 Å². The molecule has 0 bridgehead atoms. The highest BCUT2D eigenvalue weighted by atomic mass is 16.5. The van der Waals surface area contributed by atoms with Gasteiger partial charge in [0.1, 0.15) is 17.3 Å². The number of hydrogen-bond donors (Lipinski definition) is 2. The van der Waals surface area contributed by atoms with Crippen LogP contribution in [0.4, 0.5) is 0 Å². The Morgan fingerprint density at radius 2 is 1.57 bits per heavy atom. The van der Waals surface area contributed by atoms with Gasteiger partial charge in [0.25, 0.3) is 0 Å². The van der Waals surface area contributed by atoms with Crippen molar-refractivity contribution in [1.29, 1.82) is 0 Å². The number of Topliss-reactive ketones (excluding diaryl/α,β-unsaturated/α-hetero) is 1. The van der Waals surface area contributed by atoms with Crippen molar-refractivity contribution in [2.24, 2.45) is 0 Å². The number of ketones is 1. The molecule has 210 valence electrons. The summed E-state index contributed by atoms with van der Waals surface area (Å²) in [7, 11) is 0. The smallest absolute Gasteiger partial charge is 0.341 e. The monoisotopic (exact) mass is 540 g/mol. The van der Waals surface area contributed by atoms with Crippen LogP contribution in [0.2, 0.25) is 0 Å². The molecule has 0 heterocycles. The molecular formula is C35H40O5. The van der Waals surface area contributed by atoms with E-state index in [0.29, 0.717) is 24.2 Å². The summed E-state index contributed by atoms with van der Waals surface area (Å²) in [6.45, 7) is 9.37. The zero-order valence-corrected chi connectivity index (χ0v) is 24.3. The Labute approximate surface area is 238 Å². The van der Waals surface area contributed by atoms with E-state index in [1.807, 2.05) is 50.2 Å². The van der Waals surface area contributed by atoms with Crippen molar-refractivity contribution in [3.63, 3.8) is 0 Å². The van der Waals surface area contributed by atoms with E-state index < -0.39 is 5.97 Å². The summed E-state index contributed by atoms with van der Waals surface area (Å²) in [5.41, 5.74) is 7.84. The quantitative estimate of drug-likeness (QED) is 0.186. The standard InChI is InChI=1S/C35H40O5/c1-23(2)32-20-29(21-33-24(3)17-31(18-25(33)4)40-22-34(37)38)19-30(35(32)39)16-15-28-13-11-27(12-14-28)10-8-6-7-9-26(5)36/h11-14,17-20,23,39H,6-10,21-22H2,1-5H3,(H,37,38). The number of hydrogen-bond acceptors (Lipinski definition) is 4. The van der Waals surface area contributed by atoms with E-state index in [9.17, 15) is 14.7 Å². The van der Waals surface area contributed by atoms with Crippen LogP contribution in [-0.4, -0.2) is 28.6 Å². The minimum Gasteiger partial charge on any atom is -0.506 e. The molecule has 0 aliphatic heterocycles. The van der Waals surface area contributed by atoms with Gasteiger partial charge in [0.05, 0.1) is 5.56 Å². The second-order valence-electron chi connectivity index (χ2n) is 10.8. The fourth-order valence-corrected chi connectivity index (χ4v) is 4.80. The number of carboxylic acid groups (broad SMARTS) is 1. The lowest BCUT2D eigenvalue weighted by Gasteiger charge is -2.16. The first-order valence-corrected chi connectivity index (χ1v) is 13.9. The van der Waals surface area contributed by atoms with Crippen LogP contribution in [0.25, 0.3) is 0 Å². The average molecular weight is 541 g/mol. The molecule has 0 saturated heterocycles. The fourth-order valence-electron chi connectivity index (χ4n) is 4.80. The molecule has 2 N–H and O–H groups in total. The number of unbranched alkanes of at least 4 members (excludes halogenated alkanes) is 2. The number of rotatable bonds is 12. The second-order valence-corrected chi connectivity index (χ2v) is 10.8. The van der Waals surface area contributed by atoms with E-state index in [2.05, 4.69) is 37.8 Å². The van der Waals surface area contributed by atoms with Crippen molar-refractivity contribution in [2.45, 2.75) is 79.1 Å². The number of aryl methyl sites for hydroxylation is 3. The molecule has 3 aromatic rings. The Balaban J connectivity index is 1.79. The van der Waals surface area contributed by atoms with Crippen LogP contribution in [0.5, 0.6) is 11.5 Å². The van der Waals surface area contributed by atoms with Crippen LogP contribution < -0.4 is 4.74 Å². The lowest BCUT2D eigenvalue weighted by atomic mass is 9.91. The van der Waals surface area contributed by atoms with E-state index in [4.69, 9.17) is 9.84 Å². The SMILES string of the molecule is CC(=O)CCCCCc1ccc(C#Cc2cc(Cc3c(C)cc(OCC(=O)O)cc3C)cc(C(C)C)c2O)cc1. The van der Waals surface area contributed by atoms with E-state index in [-0.39, 0.29) is 24.1 Å². The lowest BCUT2D eigenvalue weighted by molar-refractivity contribution is -0.139. The topological polar surface area (TPSA) is 83.8 Å². The van der Waals surface area contributed by atoms with Gasteiger partial charge in [-0.05, 0) is 116 Å². The van der Waals surface area contributed by atoms with Gasteiger partial charge in [-0.1, -0.05) is 50.3 Å². The summed E-state index contributed by atoms with van der Waals surface area (Å²) in [6.07, 6.45) is 5.37. The average Bonchev–Trinajstić information content (AvgIpc) is 2.89. The number of carbonyl (C=O) groups is 2. The highest BCUT2D eigenvalue weighted by Crippen LogP contribution is 2.32.